The molecule has 1 aromatic rings. The molecule has 1 heterocycles. The first kappa shape index (κ1) is 12.5. The van der Waals surface area contributed by atoms with Crippen LogP contribution in [0.4, 0.5) is 8.78 Å². The van der Waals surface area contributed by atoms with Gasteiger partial charge in [-0.15, -0.1) is 0 Å². The molecule has 2 unspecified atom stereocenters. The van der Waals surface area contributed by atoms with Crippen LogP contribution in [-0.2, 0) is 10.3 Å². The third kappa shape index (κ3) is 2.64. The number of hydrogen-bond acceptors (Lipinski definition) is 2. The summed E-state index contributed by atoms with van der Waals surface area (Å²) >= 11 is 0. The first-order chi connectivity index (χ1) is 8.03. The maximum atomic E-state index is 13.1. The fraction of sp³-hybridized carbons (Fsp3) is 0.538. The van der Waals surface area contributed by atoms with Crippen molar-refractivity contribution in [1.29, 1.82) is 0 Å². The lowest BCUT2D eigenvalue weighted by Gasteiger charge is -2.37. The monoisotopic (exact) mass is 242 g/mol. The van der Waals surface area contributed by atoms with Gasteiger partial charge in [0, 0.05) is 18.9 Å². The van der Waals surface area contributed by atoms with Gasteiger partial charge in [-0.1, -0.05) is 6.92 Å². The third-order valence-electron chi connectivity index (χ3n) is 3.29. The highest BCUT2D eigenvalue weighted by molar-refractivity contribution is 5.25. The summed E-state index contributed by atoms with van der Waals surface area (Å²) in [5, 5.41) is 10.5. The van der Waals surface area contributed by atoms with Gasteiger partial charge in [0.1, 0.15) is 11.6 Å². The van der Waals surface area contributed by atoms with Crippen molar-refractivity contribution < 1.29 is 18.6 Å². The van der Waals surface area contributed by atoms with Crippen LogP contribution >= 0.6 is 0 Å². The summed E-state index contributed by atoms with van der Waals surface area (Å²) in [6, 6.07) is 3.20. The lowest BCUT2D eigenvalue weighted by Crippen LogP contribution is -2.38. The Morgan fingerprint density at radius 3 is 2.59 bits per heavy atom. The molecular formula is C13H16F2O2. The van der Waals surface area contributed by atoms with Crippen LogP contribution in [0.25, 0.3) is 0 Å². The number of ether oxygens (including phenoxy) is 1. The molecule has 0 radical (unpaired) electrons. The van der Waals surface area contributed by atoms with Crippen LogP contribution in [-0.4, -0.2) is 17.8 Å². The van der Waals surface area contributed by atoms with E-state index in [1.807, 2.05) is 6.92 Å². The van der Waals surface area contributed by atoms with Gasteiger partial charge in [0.05, 0.1) is 18.3 Å². The second kappa shape index (κ2) is 4.70. The Hall–Kier alpha value is -1.00. The fourth-order valence-electron chi connectivity index (χ4n) is 2.28. The van der Waals surface area contributed by atoms with E-state index < -0.39 is 17.2 Å². The molecule has 1 saturated heterocycles. The van der Waals surface area contributed by atoms with Crippen LogP contribution in [0.2, 0.25) is 0 Å². The third-order valence-corrected chi connectivity index (χ3v) is 3.29. The minimum absolute atomic E-state index is 0.0555. The Labute approximate surface area is 99.2 Å². The van der Waals surface area contributed by atoms with Crippen LogP contribution in [0.5, 0.6) is 0 Å². The van der Waals surface area contributed by atoms with Gasteiger partial charge in [-0.05, 0) is 24.1 Å². The Morgan fingerprint density at radius 1 is 1.35 bits per heavy atom. The van der Waals surface area contributed by atoms with E-state index in [0.29, 0.717) is 25.0 Å². The number of halogens is 2. The molecule has 1 aliphatic heterocycles. The normalized spacial score (nSPS) is 29.3. The van der Waals surface area contributed by atoms with E-state index in [2.05, 4.69) is 0 Å². The minimum Gasteiger partial charge on any atom is -0.385 e. The summed E-state index contributed by atoms with van der Waals surface area (Å²) in [7, 11) is 0. The molecule has 2 nitrogen and oxygen atoms in total. The maximum absolute atomic E-state index is 13.1. The first-order valence-corrected chi connectivity index (χ1v) is 5.84. The van der Waals surface area contributed by atoms with Crippen molar-refractivity contribution in [2.24, 2.45) is 0 Å². The number of benzene rings is 1. The molecule has 1 N–H and O–H groups in total. The molecule has 2 atom stereocenters. The molecular weight excluding hydrogens is 226 g/mol. The lowest BCUT2D eigenvalue weighted by atomic mass is 9.83. The van der Waals surface area contributed by atoms with Gasteiger partial charge >= 0.3 is 0 Å². The topological polar surface area (TPSA) is 29.5 Å². The predicted molar refractivity (Wildman–Crippen MR) is 59.5 cm³/mol. The zero-order valence-electron chi connectivity index (χ0n) is 9.75. The summed E-state index contributed by atoms with van der Waals surface area (Å²) in [5.74, 6) is -1.32. The molecule has 0 spiro atoms. The molecule has 94 valence electrons. The second-order valence-electron chi connectivity index (χ2n) is 4.54. The molecule has 0 aliphatic carbocycles. The summed E-state index contributed by atoms with van der Waals surface area (Å²) < 4.78 is 31.8. The van der Waals surface area contributed by atoms with Crippen LogP contribution < -0.4 is 0 Å². The van der Waals surface area contributed by atoms with Crippen molar-refractivity contribution in [2.45, 2.75) is 37.9 Å². The summed E-state index contributed by atoms with van der Waals surface area (Å²) in [4.78, 5) is 0. The van der Waals surface area contributed by atoms with Gasteiger partial charge in [-0.3, -0.25) is 0 Å². The zero-order chi connectivity index (χ0) is 12.5. The average Bonchev–Trinajstić information content (AvgIpc) is 2.28. The van der Waals surface area contributed by atoms with Gasteiger partial charge in [0.15, 0.2) is 0 Å². The Bertz CT molecular complexity index is 388. The van der Waals surface area contributed by atoms with Gasteiger partial charge in [-0.2, -0.15) is 0 Å². The molecule has 1 aromatic carbocycles. The molecule has 2 rings (SSSR count). The van der Waals surface area contributed by atoms with E-state index in [0.717, 1.165) is 12.5 Å². The summed E-state index contributed by atoms with van der Waals surface area (Å²) in [6.45, 7) is 2.37. The molecule has 17 heavy (non-hydrogen) atoms. The van der Waals surface area contributed by atoms with Crippen molar-refractivity contribution >= 4 is 0 Å². The van der Waals surface area contributed by atoms with E-state index in [-0.39, 0.29) is 6.10 Å². The van der Waals surface area contributed by atoms with Crippen molar-refractivity contribution in [3.63, 3.8) is 0 Å². The van der Waals surface area contributed by atoms with Gasteiger partial charge in [0.25, 0.3) is 0 Å². The van der Waals surface area contributed by atoms with Crippen LogP contribution in [0.3, 0.4) is 0 Å². The zero-order valence-corrected chi connectivity index (χ0v) is 9.75. The molecule has 1 fully saturated rings. The maximum Gasteiger partial charge on any atom is 0.126 e. The summed E-state index contributed by atoms with van der Waals surface area (Å²) in [5.41, 5.74) is -0.876. The van der Waals surface area contributed by atoms with E-state index >= 15 is 0 Å². The van der Waals surface area contributed by atoms with Crippen molar-refractivity contribution in [2.75, 3.05) is 6.61 Å². The highest BCUT2D eigenvalue weighted by Gasteiger charge is 2.36. The largest absolute Gasteiger partial charge is 0.385 e. The standard InChI is InChI=1S/C13H16F2O2/c1-2-12-8-13(16,3-4-17-12)9-5-10(14)7-11(15)6-9/h5-7,12,16H,2-4,8H2,1H3. The predicted octanol–water partition coefficient (Wildman–Crippen LogP) is 2.74. The number of hydrogen-bond donors (Lipinski definition) is 1. The molecule has 0 amide bonds. The molecule has 0 bridgehead atoms. The Morgan fingerprint density at radius 2 is 2.00 bits per heavy atom. The SMILES string of the molecule is CCC1CC(O)(c2cc(F)cc(F)c2)CCO1. The summed E-state index contributed by atoms with van der Waals surface area (Å²) in [6.07, 6.45) is 1.47. The average molecular weight is 242 g/mol. The first-order valence-electron chi connectivity index (χ1n) is 5.84. The van der Waals surface area contributed by atoms with E-state index in [9.17, 15) is 13.9 Å². The minimum atomic E-state index is -1.18. The molecule has 1 aliphatic rings. The molecule has 0 saturated carbocycles. The smallest absolute Gasteiger partial charge is 0.126 e. The van der Waals surface area contributed by atoms with E-state index in [1.54, 1.807) is 0 Å². The van der Waals surface area contributed by atoms with Crippen molar-refractivity contribution in [1.82, 2.24) is 0 Å². The highest BCUT2D eigenvalue weighted by Crippen LogP contribution is 2.36. The number of rotatable bonds is 2. The molecule has 4 heteroatoms. The number of aliphatic hydroxyl groups is 1. The Balaban J connectivity index is 2.30. The quantitative estimate of drug-likeness (QED) is 0.864. The highest BCUT2D eigenvalue weighted by atomic mass is 19.1. The van der Waals surface area contributed by atoms with Gasteiger partial charge in [0.2, 0.25) is 0 Å². The lowest BCUT2D eigenvalue weighted by molar-refractivity contribution is -0.108. The van der Waals surface area contributed by atoms with E-state index in [1.165, 1.54) is 12.1 Å². The second-order valence-corrected chi connectivity index (χ2v) is 4.54. The Kier molecular flexibility index (Phi) is 3.45. The van der Waals surface area contributed by atoms with Crippen molar-refractivity contribution in [3.8, 4) is 0 Å². The van der Waals surface area contributed by atoms with Crippen LogP contribution in [0, 0.1) is 11.6 Å². The van der Waals surface area contributed by atoms with E-state index in [4.69, 9.17) is 4.74 Å². The molecule has 0 aromatic heterocycles. The van der Waals surface area contributed by atoms with Crippen molar-refractivity contribution in [3.05, 3.63) is 35.4 Å². The fourth-order valence-corrected chi connectivity index (χ4v) is 2.28. The van der Waals surface area contributed by atoms with Crippen LogP contribution in [0.1, 0.15) is 31.7 Å². The van der Waals surface area contributed by atoms with Crippen LogP contribution in [0.15, 0.2) is 18.2 Å². The van der Waals surface area contributed by atoms with Gasteiger partial charge in [-0.25, -0.2) is 8.78 Å². The van der Waals surface area contributed by atoms with Gasteiger partial charge < -0.3 is 9.84 Å².